The number of carbonyl (C=O) groups excluding carboxylic acids is 1. The summed E-state index contributed by atoms with van der Waals surface area (Å²) in [4.78, 5) is 17.7. The molecule has 0 fully saturated rings. The summed E-state index contributed by atoms with van der Waals surface area (Å²) in [5, 5.41) is 13.3. The van der Waals surface area contributed by atoms with Crippen molar-refractivity contribution in [1.29, 1.82) is 5.26 Å². The van der Waals surface area contributed by atoms with Gasteiger partial charge in [0.05, 0.1) is 11.1 Å². The Morgan fingerprint density at radius 3 is 2.96 bits per heavy atom. The smallest absolute Gasteiger partial charge is 0.259 e. The zero-order chi connectivity index (χ0) is 18.9. The Hall–Kier alpha value is -1.90. The van der Waals surface area contributed by atoms with Crippen LogP contribution in [0.15, 0.2) is 18.3 Å². The number of amides is 1. The van der Waals surface area contributed by atoms with Gasteiger partial charge in [-0.1, -0.05) is 38.8 Å². The molecule has 3 rings (SSSR count). The highest BCUT2D eigenvalue weighted by molar-refractivity contribution is 7.16. The van der Waals surface area contributed by atoms with Gasteiger partial charge in [0.2, 0.25) is 0 Å². The van der Waals surface area contributed by atoms with Crippen LogP contribution in [0.1, 0.15) is 60.0 Å². The minimum absolute atomic E-state index is 0.162. The molecule has 0 bridgehead atoms. The third-order valence-electron chi connectivity index (χ3n) is 5.62. The van der Waals surface area contributed by atoms with E-state index in [9.17, 15) is 10.1 Å². The number of aromatic nitrogens is 1. The highest BCUT2D eigenvalue weighted by Crippen LogP contribution is 2.45. The first kappa shape index (κ1) is 18.9. The lowest BCUT2D eigenvalue weighted by Crippen LogP contribution is -2.28. The van der Waals surface area contributed by atoms with E-state index < -0.39 is 0 Å². The molecule has 0 unspecified atom stereocenters. The molecule has 1 amide bonds. The number of fused-ring (bicyclic) bond motifs is 1. The fourth-order valence-electron chi connectivity index (χ4n) is 3.47. The number of carbonyl (C=O) groups is 1. The number of halogens is 1. The Morgan fingerprint density at radius 1 is 1.54 bits per heavy atom. The van der Waals surface area contributed by atoms with Crippen LogP contribution in [0.5, 0.6) is 0 Å². The van der Waals surface area contributed by atoms with E-state index in [0.29, 0.717) is 22.0 Å². The topological polar surface area (TPSA) is 65.8 Å². The number of thiophene rings is 1. The van der Waals surface area contributed by atoms with Gasteiger partial charge >= 0.3 is 0 Å². The Balaban J connectivity index is 1.88. The van der Waals surface area contributed by atoms with E-state index in [1.165, 1.54) is 16.2 Å². The van der Waals surface area contributed by atoms with Gasteiger partial charge in [-0.05, 0) is 48.3 Å². The van der Waals surface area contributed by atoms with E-state index >= 15 is 0 Å². The molecule has 0 aliphatic heterocycles. The molecule has 1 aliphatic rings. The van der Waals surface area contributed by atoms with Gasteiger partial charge in [0.15, 0.2) is 0 Å². The summed E-state index contributed by atoms with van der Waals surface area (Å²) in [5.74, 6) is 0.269. The molecule has 0 spiro atoms. The predicted molar refractivity (Wildman–Crippen MR) is 106 cm³/mol. The molecule has 1 atom stereocenters. The number of pyridine rings is 1. The SMILES string of the molecule is CCC(C)(C)[C@@H]1CCc2c(sc(NC(=O)c3cccnc3Cl)c2C#N)C1. The van der Waals surface area contributed by atoms with Gasteiger partial charge in [-0.15, -0.1) is 11.3 Å². The molecule has 2 aromatic rings. The highest BCUT2D eigenvalue weighted by atomic mass is 35.5. The first-order valence-electron chi connectivity index (χ1n) is 8.84. The van der Waals surface area contributed by atoms with Gasteiger partial charge in [0.25, 0.3) is 5.91 Å². The molecule has 0 saturated carbocycles. The van der Waals surface area contributed by atoms with E-state index in [1.807, 2.05) is 0 Å². The minimum Gasteiger partial charge on any atom is -0.312 e. The van der Waals surface area contributed by atoms with Crippen LogP contribution in [0.4, 0.5) is 5.00 Å². The van der Waals surface area contributed by atoms with Crippen molar-refractivity contribution in [1.82, 2.24) is 4.98 Å². The van der Waals surface area contributed by atoms with E-state index in [1.54, 1.807) is 18.3 Å². The van der Waals surface area contributed by atoms with E-state index in [2.05, 4.69) is 37.1 Å². The maximum absolute atomic E-state index is 12.5. The van der Waals surface area contributed by atoms with E-state index in [4.69, 9.17) is 11.6 Å². The lowest BCUT2D eigenvalue weighted by molar-refractivity contribution is 0.102. The predicted octanol–water partition coefficient (Wildman–Crippen LogP) is 5.46. The van der Waals surface area contributed by atoms with E-state index in [0.717, 1.165) is 31.2 Å². The van der Waals surface area contributed by atoms with Crippen LogP contribution in [0.3, 0.4) is 0 Å². The normalized spacial score (nSPS) is 16.7. The second-order valence-electron chi connectivity index (χ2n) is 7.40. The molecule has 1 N–H and O–H groups in total. The molecule has 0 radical (unpaired) electrons. The van der Waals surface area contributed by atoms with Crippen LogP contribution in [-0.4, -0.2) is 10.9 Å². The molecular weight excluding hydrogens is 366 g/mol. The maximum Gasteiger partial charge on any atom is 0.259 e. The van der Waals surface area contributed by atoms with Crippen molar-refractivity contribution in [3.05, 3.63) is 45.1 Å². The van der Waals surface area contributed by atoms with Gasteiger partial charge in [-0.2, -0.15) is 5.26 Å². The molecule has 136 valence electrons. The number of nitriles is 1. The quantitative estimate of drug-likeness (QED) is 0.708. The highest BCUT2D eigenvalue weighted by Gasteiger charge is 2.34. The van der Waals surface area contributed by atoms with Gasteiger partial charge in [0.1, 0.15) is 16.2 Å². The Bertz CT molecular complexity index is 882. The molecule has 6 heteroatoms. The Labute approximate surface area is 163 Å². The number of anilines is 1. The first-order chi connectivity index (χ1) is 12.4. The van der Waals surface area contributed by atoms with Crippen LogP contribution >= 0.6 is 22.9 Å². The Morgan fingerprint density at radius 2 is 2.31 bits per heavy atom. The van der Waals surface area contributed by atoms with Gasteiger partial charge in [0, 0.05) is 11.1 Å². The van der Waals surface area contributed by atoms with Crippen LogP contribution < -0.4 is 5.32 Å². The van der Waals surface area contributed by atoms with Gasteiger partial charge in [-0.3, -0.25) is 4.79 Å². The van der Waals surface area contributed by atoms with Crippen LogP contribution in [-0.2, 0) is 12.8 Å². The van der Waals surface area contributed by atoms with Crippen molar-refractivity contribution in [3.63, 3.8) is 0 Å². The summed E-state index contributed by atoms with van der Waals surface area (Å²) in [7, 11) is 0. The monoisotopic (exact) mass is 387 g/mol. The molecule has 2 heterocycles. The number of nitrogens with zero attached hydrogens (tertiary/aromatic N) is 2. The van der Waals surface area contributed by atoms with Crippen LogP contribution in [0, 0.1) is 22.7 Å². The summed E-state index contributed by atoms with van der Waals surface area (Å²) in [6.07, 6.45) is 5.62. The minimum atomic E-state index is -0.330. The lowest BCUT2D eigenvalue weighted by Gasteiger charge is -2.36. The molecule has 1 aliphatic carbocycles. The van der Waals surface area contributed by atoms with Crippen LogP contribution in [0.25, 0.3) is 0 Å². The van der Waals surface area contributed by atoms with Crippen molar-refractivity contribution < 1.29 is 4.79 Å². The molecule has 2 aromatic heterocycles. The van der Waals surface area contributed by atoms with Crippen LogP contribution in [0.2, 0.25) is 5.15 Å². The molecule has 26 heavy (non-hydrogen) atoms. The number of hydrogen-bond donors (Lipinski definition) is 1. The van der Waals surface area contributed by atoms with Gasteiger partial charge in [-0.25, -0.2) is 4.98 Å². The fraction of sp³-hybridized carbons (Fsp3) is 0.450. The summed E-state index contributed by atoms with van der Waals surface area (Å²) in [6.45, 7) is 6.86. The summed E-state index contributed by atoms with van der Waals surface area (Å²) >= 11 is 7.54. The van der Waals surface area contributed by atoms with Crippen molar-refractivity contribution in [3.8, 4) is 6.07 Å². The summed E-state index contributed by atoms with van der Waals surface area (Å²) < 4.78 is 0. The largest absolute Gasteiger partial charge is 0.312 e. The third kappa shape index (κ3) is 3.49. The van der Waals surface area contributed by atoms with Gasteiger partial charge < -0.3 is 5.32 Å². The van der Waals surface area contributed by atoms with Crippen molar-refractivity contribution in [2.75, 3.05) is 5.32 Å². The average Bonchev–Trinajstić information content (AvgIpc) is 2.97. The van der Waals surface area contributed by atoms with Crippen molar-refractivity contribution in [2.24, 2.45) is 11.3 Å². The third-order valence-corrected chi connectivity index (χ3v) is 7.10. The summed E-state index contributed by atoms with van der Waals surface area (Å²) in [5.41, 5.74) is 2.30. The lowest BCUT2D eigenvalue weighted by atomic mass is 9.69. The second kappa shape index (κ2) is 7.38. The maximum atomic E-state index is 12.5. The zero-order valence-electron chi connectivity index (χ0n) is 15.2. The van der Waals surface area contributed by atoms with Crippen molar-refractivity contribution in [2.45, 2.75) is 46.5 Å². The number of nitrogens with one attached hydrogen (secondary N) is 1. The first-order valence-corrected chi connectivity index (χ1v) is 10.0. The summed E-state index contributed by atoms with van der Waals surface area (Å²) in [6, 6.07) is 5.59. The zero-order valence-corrected chi connectivity index (χ0v) is 16.8. The van der Waals surface area contributed by atoms with E-state index in [-0.39, 0.29) is 16.5 Å². The molecule has 0 saturated heterocycles. The Kier molecular flexibility index (Phi) is 5.36. The standard InChI is InChI=1S/C20H22ClN3OS/c1-4-20(2,3)12-7-8-13-15(11-22)19(26-16(13)10-12)24-18(25)14-6-5-9-23-17(14)21/h5-6,9,12H,4,7-8,10H2,1-3H3,(H,24,25)/t12-/m1/s1. The molecular formula is C20H22ClN3OS. The molecule has 0 aromatic carbocycles. The second-order valence-corrected chi connectivity index (χ2v) is 8.86. The number of rotatable bonds is 4. The average molecular weight is 388 g/mol. The van der Waals surface area contributed by atoms with Crippen molar-refractivity contribution >= 4 is 33.8 Å². The molecule has 4 nitrogen and oxygen atoms in total. The fourth-order valence-corrected chi connectivity index (χ4v) is 4.95. The number of hydrogen-bond acceptors (Lipinski definition) is 4.